The van der Waals surface area contributed by atoms with Crippen LogP contribution in [0.2, 0.25) is 10.0 Å². The minimum Gasteiger partial charge on any atom is -0.301 e. The normalized spacial score (nSPS) is 18.9. The first kappa shape index (κ1) is 14.0. The third-order valence-electron chi connectivity index (χ3n) is 3.83. The predicted molar refractivity (Wildman–Crippen MR) is 86.5 cm³/mol. The number of halogens is 2. The zero-order valence-corrected chi connectivity index (χ0v) is 12.7. The molecular weight excluding hydrogens is 288 g/mol. The Labute approximate surface area is 130 Å². The highest BCUT2D eigenvalue weighted by Gasteiger charge is 2.26. The monoisotopic (exact) mass is 301 g/mol. The molecule has 1 nitrogen and oxygen atoms in total. The Morgan fingerprint density at radius 1 is 1.15 bits per heavy atom. The molecular formula is C16H14BCl2N. The van der Waals surface area contributed by atoms with Crippen LogP contribution in [0.25, 0.3) is 0 Å². The van der Waals surface area contributed by atoms with Gasteiger partial charge in [-0.15, -0.1) is 0 Å². The van der Waals surface area contributed by atoms with Crippen LogP contribution in [-0.2, 0) is 6.54 Å². The van der Waals surface area contributed by atoms with Gasteiger partial charge in [-0.2, -0.15) is 0 Å². The molecule has 0 saturated carbocycles. The van der Waals surface area contributed by atoms with E-state index in [1.54, 1.807) is 0 Å². The van der Waals surface area contributed by atoms with Gasteiger partial charge in [0.25, 0.3) is 0 Å². The highest BCUT2D eigenvalue weighted by atomic mass is 35.5. The number of hydrogen-bond acceptors (Lipinski definition) is 1. The molecule has 1 heterocycles. The Bertz CT molecular complexity index is 640. The van der Waals surface area contributed by atoms with E-state index in [4.69, 9.17) is 31.0 Å². The number of nitrogens with zero attached hydrogens (tertiary/aromatic N) is 1. The Balaban J connectivity index is 2.12. The van der Waals surface area contributed by atoms with E-state index in [0.29, 0.717) is 5.02 Å². The van der Waals surface area contributed by atoms with Gasteiger partial charge in [0.15, 0.2) is 0 Å². The maximum Gasteiger partial charge on any atom is 0.113 e. The summed E-state index contributed by atoms with van der Waals surface area (Å²) in [7, 11) is 7.88. The number of rotatable bonds is 1. The van der Waals surface area contributed by atoms with Gasteiger partial charge in [-0.3, -0.25) is 0 Å². The summed E-state index contributed by atoms with van der Waals surface area (Å²) < 4.78 is 0. The molecule has 3 rings (SSSR count). The van der Waals surface area contributed by atoms with Crippen molar-refractivity contribution in [3.05, 3.63) is 63.1 Å². The molecule has 0 N–H and O–H groups in total. The summed E-state index contributed by atoms with van der Waals surface area (Å²) in [5, 5.41) is 1.44. The lowest BCUT2D eigenvalue weighted by Gasteiger charge is -2.33. The van der Waals surface area contributed by atoms with Crippen molar-refractivity contribution >= 4 is 36.5 Å². The van der Waals surface area contributed by atoms with Crippen LogP contribution in [0.4, 0.5) is 0 Å². The maximum atomic E-state index is 6.36. The van der Waals surface area contributed by atoms with Crippen LogP contribution in [0.1, 0.15) is 22.6 Å². The molecule has 0 bridgehead atoms. The number of benzene rings is 2. The van der Waals surface area contributed by atoms with Crippen molar-refractivity contribution in [1.82, 2.24) is 4.90 Å². The lowest BCUT2D eigenvalue weighted by Crippen LogP contribution is -2.31. The van der Waals surface area contributed by atoms with E-state index in [1.807, 2.05) is 24.3 Å². The fraction of sp³-hybridized carbons (Fsp3) is 0.250. The smallest absolute Gasteiger partial charge is 0.113 e. The molecule has 1 aliphatic heterocycles. The highest BCUT2D eigenvalue weighted by molar-refractivity contribution is 6.35. The van der Waals surface area contributed by atoms with E-state index < -0.39 is 0 Å². The quantitative estimate of drug-likeness (QED) is 0.730. The van der Waals surface area contributed by atoms with Crippen LogP contribution in [-0.4, -0.2) is 26.3 Å². The molecule has 1 atom stereocenters. The molecule has 1 aliphatic rings. The summed E-state index contributed by atoms with van der Waals surface area (Å²) in [5.74, 6) is 0.278. The molecule has 0 fully saturated rings. The van der Waals surface area contributed by atoms with E-state index in [1.165, 1.54) is 16.7 Å². The van der Waals surface area contributed by atoms with Crippen LogP contribution in [0.15, 0.2) is 36.4 Å². The van der Waals surface area contributed by atoms with Crippen molar-refractivity contribution in [2.75, 3.05) is 13.6 Å². The van der Waals surface area contributed by atoms with Crippen LogP contribution in [0.5, 0.6) is 0 Å². The zero-order valence-electron chi connectivity index (χ0n) is 11.2. The molecule has 1 unspecified atom stereocenters. The van der Waals surface area contributed by atoms with Crippen molar-refractivity contribution in [3.63, 3.8) is 0 Å². The Morgan fingerprint density at radius 2 is 1.85 bits per heavy atom. The van der Waals surface area contributed by atoms with Gasteiger partial charge in [0.1, 0.15) is 7.85 Å². The van der Waals surface area contributed by atoms with Crippen molar-refractivity contribution in [2.45, 2.75) is 12.5 Å². The van der Waals surface area contributed by atoms with Crippen molar-refractivity contribution in [1.29, 1.82) is 0 Å². The average molecular weight is 302 g/mol. The Kier molecular flexibility index (Phi) is 3.81. The van der Waals surface area contributed by atoms with Gasteiger partial charge in [-0.25, -0.2) is 0 Å². The van der Waals surface area contributed by atoms with Crippen LogP contribution < -0.4 is 5.46 Å². The molecule has 100 valence electrons. The number of fused-ring (bicyclic) bond motifs is 1. The summed E-state index contributed by atoms with van der Waals surface area (Å²) >= 11 is 12.5. The minimum absolute atomic E-state index is 0.278. The molecule has 2 aromatic rings. The van der Waals surface area contributed by atoms with Crippen molar-refractivity contribution < 1.29 is 0 Å². The lowest BCUT2D eigenvalue weighted by atomic mass is 9.83. The molecule has 20 heavy (non-hydrogen) atoms. The van der Waals surface area contributed by atoms with Crippen molar-refractivity contribution in [3.8, 4) is 0 Å². The first-order chi connectivity index (χ1) is 9.54. The van der Waals surface area contributed by atoms with Crippen LogP contribution in [0.3, 0.4) is 0 Å². The van der Waals surface area contributed by atoms with E-state index in [-0.39, 0.29) is 5.92 Å². The largest absolute Gasteiger partial charge is 0.301 e. The summed E-state index contributed by atoms with van der Waals surface area (Å²) in [6.07, 6.45) is 0. The summed E-state index contributed by atoms with van der Waals surface area (Å²) in [6.45, 7) is 1.81. The predicted octanol–water partition coefficient (Wildman–Crippen LogP) is 3.36. The first-order valence-corrected chi connectivity index (χ1v) is 7.32. The molecule has 0 spiro atoms. The zero-order chi connectivity index (χ0) is 14.3. The fourth-order valence-electron chi connectivity index (χ4n) is 2.86. The number of likely N-dealkylation sites (N-methyl/N-ethyl adjacent to an activating group) is 1. The van der Waals surface area contributed by atoms with Crippen LogP contribution in [0, 0.1) is 0 Å². The SMILES string of the molecule is [B]c1ccc(C2CN(C)Cc3c(Cl)cc(Cl)cc32)cc1. The molecule has 4 heteroatoms. The van der Waals surface area contributed by atoms with E-state index >= 15 is 0 Å². The molecule has 0 saturated heterocycles. The van der Waals surface area contributed by atoms with Gasteiger partial charge in [0, 0.05) is 29.1 Å². The molecule has 0 amide bonds. The third-order valence-corrected chi connectivity index (χ3v) is 4.39. The average Bonchev–Trinajstić information content (AvgIpc) is 2.40. The molecule has 2 aromatic carbocycles. The van der Waals surface area contributed by atoms with Gasteiger partial charge in [0.05, 0.1) is 0 Å². The van der Waals surface area contributed by atoms with Gasteiger partial charge in [-0.05, 0) is 35.9 Å². The standard InChI is InChI=1S/C16H14BCl2N/c1-20-8-14(10-2-4-11(17)5-3-10)13-6-12(18)7-16(19)15(13)9-20/h2-7,14H,8-9H2,1H3. The topological polar surface area (TPSA) is 3.24 Å². The van der Waals surface area contributed by atoms with Gasteiger partial charge < -0.3 is 4.90 Å². The van der Waals surface area contributed by atoms with Gasteiger partial charge in [0.2, 0.25) is 0 Å². The van der Waals surface area contributed by atoms with Gasteiger partial charge in [-0.1, -0.05) is 52.9 Å². The number of hydrogen-bond donors (Lipinski definition) is 0. The Morgan fingerprint density at radius 3 is 2.55 bits per heavy atom. The van der Waals surface area contributed by atoms with Crippen LogP contribution >= 0.6 is 23.2 Å². The summed E-state index contributed by atoms with van der Waals surface area (Å²) in [6, 6.07) is 11.9. The summed E-state index contributed by atoms with van der Waals surface area (Å²) in [4.78, 5) is 2.28. The lowest BCUT2D eigenvalue weighted by molar-refractivity contribution is 0.295. The van der Waals surface area contributed by atoms with E-state index in [0.717, 1.165) is 23.6 Å². The maximum absolute atomic E-state index is 6.36. The molecule has 0 aliphatic carbocycles. The van der Waals surface area contributed by atoms with Gasteiger partial charge >= 0.3 is 0 Å². The second-order valence-corrected chi connectivity index (χ2v) is 6.22. The fourth-order valence-corrected chi connectivity index (χ4v) is 3.43. The first-order valence-electron chi connectivity index (χ1n) is 6.56. The second-order valence-electron chi connectivity index (χ2n) is 5.37. The molecule has 0 aromatic heterocycles. The van der Waals surface area contributed by atoms with Crippen molar-refractivity contribution in [2.24, 2.45) is 0 Å². The minimum atomic E-state index is 0.278. The highest BCUT2D eigenvalue weighted by Crippen LogP contribution is 2.38. The third kappa shape index (κ3) is 2.60. The van der Waals surface area contributed by atoms with E-state index in [9.17, 15) is 0 Å². The van der Waals surface area contributed by atoms with E-state index in [2.05, 4.69) is 24.1 Å². The summed E-state index contributed by atoms with van der Waals surface area (Å²) in [5.41, 5.74) is 4.42. The Hall–Kier alpha value is -0.955. The molecule has 2 radical (unpaired) electrons. The second kappa shape index (κ2) is 5.44.